The normalized spacial score (nSPS) is 19.9. The van der Waals surface area contributed by atoms with E-state index in [2.05, 4.69) is 13.8 Å². The Balaban J connectivity index is 1.54. The molecule has 1 heterocycles. The van der Waals surface area contributed by atoms with Crippen molar-refractivity contribution in [3.05, 3.63) is 93.0 Å². The highest BCUT2D eigenvalue weighted by Gasteiger charge is 2.42. The van der Waals surface area contributed by atoms with Gasteiger partial charge in [-0.15, -0.1) is 0 Å². The van der Waals surface area contributed by atoms with Crippen LogP contribution in [0.25, 0.3) is 16.7 Å². The summed E-state index contributed by atoms with van der Waals surface area (Å²) in [5.74, 6) is -0.433. The summed E-state index contributed by atoms with van der Waals surface area (Å²) in [4.78, 5) is 26.3. The van der Waals surface area contributed by atoms with E-state index in [4.69, 9.17) is 21.1 Å². The van der Waals surface area contributed by atoms with Crippen LogP contribution in [0.5, 0.6) is 5.75 Å². The summed E-state index contributed by atoms with van der Waals surface area (Å²) in [5.41, 5.74) is 4.31. The van der Waals surface area contributed by atoms with E-state index in [9.17, 15) is 27.9 Å². The molecule has 1 aliphatic heterocycles. The summed E-state index contributed by atoms with van der Waals surface area (Å²) >= 11 is 6.51. The molecule has 10 heteroatoms. The Bertz CT molecular complexity index is 1700. The number of hydrogen-bond donors (Lipinski definition) is 1. The molecular formula is C35H35ClF3NO5. The zero-order valence-electron chi connectivity index (χ0n) is 25.7. The number of rotatable bonds is 7. The van der Waals surface area contributed by atoms with Gasteiger partial charge in [-0.25, -0.2) is 9.59 Å². The number of carbonyl (C=O) groups is 2. The maximum Gasteiger partial charge on any atom is 0.416 e. The standard InChI is InChI=1S/C35H35ClF3NO5/c1-19-12-23(14-25(13-19)35(37,38)39)31-20(2)40(33(43)45-31)18-24-17-34(3,4)11-10-26(24)28-15-21(7-9-30(28)44-5)27-8-6-22(32(41)42)16-29(27)36/h6-9,12-16,20,31H,10-11,17-18H2,1-5H3,(H,41,42)/t20-,31-/m0/s1. The van der Waals surface area contributed by atoms with E-state index in [1.807, 2.05) is 18.2 Å². The molecule has 0 aromatic heterocycles. The van der Waals surface area contributed by atoms with Crippen LogP contribution in [0.2, 0.25) is 5.02 Å². The van der Waals surface area contributed by atoms with Crippen LogP contribution in [0, 0.1) is 12.3 Å². The fraction of sp³-hybridized carbons (Fsp3) is 0.371. The van der Waals surface area contributed by atoms with Crippen molar-refractivity contribution in [1.29, 1.82) is 0 Å². The van der Waals surface area contributed by atoms with Gasteiger partial charge in [0.1, 0.15) is 11.9 Å². The SMILES string of the molecule is COc1ccc(-c2ccc(C(=O)O)cc2Cl)cc1C1=C(CN2C(=O)O[C@H](c3cc(C)cc(C(F)(F)F)c3)[C@@H]2C)CC(C)(C)CC1. The molecule has 2 atom stereocenters. The van der Waals surface area contributed by atoms with E-state index in [-0.39, 0.29) is 17.5 Å². The van der Waals surface area contributed by atoms with Crippen molar-refractivity contribution in [3.8, 4) is 16.9 Å². The minimum absolute atomic E-state index is 0.0515. The fourth-order valence-corrected chi connectivity index (χ4v) is 6.68. The molecule has 0 saturated carbocycles. The molecule has 0 radical (unpaired) electrons. The number of allylic oxidation sites excluding steroid dienone is 1. The number of carboxylic acids is 1. The molecule has 45 heavy (non-hydrogen) atoms. The van der Waals surface area contributed by atoms with Gasteiger partial charge in [-0.05, 0) is 97.2 Å². The van der Waals surface area contributed by atoms with Crippen molar-refractivity contribution < 1.29 is 37.3 Å². The lowest BCUT2D eigenvalue weighted by molar-refractivity contribution is -0.137. The molecule has 1 amide bonds. The Labute approximate surface area is 265 Å². The van der Waals surface area contributed by atoms with E-state index in [0.717, 1.165) is 40.8 Å². The van der Waals surface area contributed by atoms with Gasteiger partial charge < -0.3 is 14.6 Å². The number of amides is 1. The molecule has 3 aromatic rings. The summed E-state index contributed by atoms with van der Waals surface area (Å²) in [7, 11) is 1.59. The molecule has 6 nitrogen and oxygen atoms in total. The van der Waals surface area contributed by atoms with Crippen LogP contribution >= 0.6 is 11.6 Å². The molecule has 1 fully saturated rings. The predicted molar refractivity (Wildman–Crippen MR) is 167 cm³/mol. The first-order chi connectivity index (χ1) is 21.1. The average Bonchev–Trinajstić information content (AvgIpc) is 3.24. The molecular weight excluding hydrogens is 607 g/mol. The first kappa shape index (κ1) is 32.4. The van der Waals surface area contributed by atoms with Gasteiger partial charge in [0.15, 0.2) is 0 Å². The van der Waals surface area contributed by atoms with Crippen LogP contribution in [0.1, 0.15) is 78.7 Å². The van der Waals surface area contributed by atoms with Crippen LogP contribution in [-0.4, -0.2) is 41.8 Å². The average molecular weight is 642 g/mol. The van der Waals surface area contributed by atoms with E-state index >= 15 is 0 Å². The molecule has 1 aliphatic carbocycles. The number of aryl methyl sites for hydroxylation is 1. The number of aromatic carboxylic acids is 1. The second kappa shape index (κ2) is 12.1. The van der Waals surface area contributed by atoms with E-state index < -0.39 is 35.9 Å². The third-order valence-electron chi connectivity index (χ3n) is 8.73. The van der Waals surface area contributed by atoms with Crippen LogP contribution < -0.4 is 4.74 Å². The van der Waals surface area contributed by atoms with E-state index in [1.54, 1.807) is 38.0 Å². The number of hydrogen-bond acceptors (Lipinski definition) is 4. The van der Waals surface area contributed by atoms with Crippen molar-refractivity contribution in [3.63, 3.8) is 0 Å². The largest absolute Gasteiger partial charge is 0.496 e. The van der Waals surface area contributed by atoms with Gasteiger partial charge in [0.2, 0.25) is 0 Å². The summed E-state index contributed by atoms with van der Waals surface area (Å²) in [6.07, 6.45) is -3.67. The topological polar surface area (TPSA) is 76.1 Å². The number of carbonyl (C=O) groups excluding carboxylic acids is 1. The highest BCUT2D eigenvalue weighted by Crippen LogP contribution is 2.47. The van der Waals surface area contributed by atoms with Crippen LogP contribution in [0.15, 0.2) is 60.2 Å². The monoisotopic (exact) mass is 641 g/mol. The lowest BCUT2D eigenvalue weighted by atomic mass is 9.72. The van der Waals surface area contributed by atoms with Crippen molar-refractivity contribution in [2.24, 2.45) is 5.41 Å². The molecule has 0 unspecified atom stereocenters. The van der Waals surface area contributed by atoms with Crippen molar-refractivity contribution in [2.75, 3.05) is 13.7 Å². The van der Waals surface area contributed by atoms with Gasteiger partial charge in [0.25, 0.3) is 0 Å². The molecule has 5 rings (SSSR count). The van der Waals surface area contributed by atoms with E-state index in [1.165, 1.54) is 12.1 Å². The molecule has 1 saturated heterocycles. The van der Waals surface area contributed by atoms with Gasteiger partial charge in [0, 0.05) is 22.7 Å². The van der Waals surface area contributed by atoms with Crippen LogP contribution in [-0.2, 0) is 10.9 Å². The zero-order valence-corrected chi connectivity index (χ0v) is 26.5. The smallest absolute Gasteiger partial charge is 0.416 e. The summed E-state index contributed by atoms with van der Waals surface area (Å²) in [5, 5.41) is 9.65. The van der Waals surface area contributed by atoms with Gasteiger partial charge in [-0.1, -0.05) is 49.2 Å². The Morgan fingerprint density at radius 1 is 1.11 bits per heavy atom. The van der Waals surface area contributed by atoms with Gasteiger partial charge in [-0.3, -0.25) is 4.90 Å². The highest BCUT2D eigenvalue weighted by molar-refractivity contribution is 6.33. The maximum atomic E-state index is 13.6. The number of alkyl halides is 3. The van der Waals surface area contributed by atoms with Crippen LogP contribution in [0.4, 0.5) is 18.0 Å². The number of cyclic esters (lactones) is 1. The Hall–Kier alpha value is -3.98. The lowest BCUT2D eigenvalue weighted by Crippen LogP contribution is -2.35. The zero-order chi connectivity index (χ0) is 32.8. The first-order valence-electron chi connectivity index (χ1n) is 14.7. The molecule has 0 bridgehead atoms. The first-order valence-corrected chi connectivity index (χ1v) is 15.0. The molecule has 238 valence electrons. The predicted octanol–water partition coefficient (Wildman–Crippen LogP) is 9.59. The lowest BCUT2D eigenvalue weighted by Gasteiger charge is -2.36. The molecule has 2 aliphatic rings. The number of halogens is 4. The number of ether oxygens (including phenoxy) is 2. The van der Waals surface area contributed by atoms with Gasteiger partial charge in [0.05, 0.1) is 24.3 Å². The van der Waals surface area contributed by atoms with E-state index in [0.29, 0.717) is 40.3 Å². The molecule has 3 aromatic carbocycles. The fourth-order valence-electron chi connectivity index (χ4n) is 6.39. The second-order valence-corrected chi connectivity index (χ2v) is 13.0. The van der Waals surface area contributed by atoms with Gasteiger partial charge in [-0.2, -0.15) is 13.2 Å². The number of nitrogens with zero attached hydrogens (tertiary/aromatic N) is 1. The number of methoxy groups -OCH3 is 1. The summed E-state index contributed by atoms with van der Waals surface area (Å²) in [6.45, 7) is 7.97. The second-order valence-electron chi connectivity index (χ2n) is 12.6. The Morgan fingerprint density at radius 2 is 1.84 bits per heavy atom. The number of benzene rings is 3. The van der Waals surface area contributed by atoms with Gasteiger partial charge >= 0.3 is 18.2 Å². The number of carboxylic acid groups (broad SMARTS) is 1. The molecule has 1 N–H and O–H groups in total. The third-order valence-corrected chi connectivity index (χ3v) is 9.04. The van der Waals surface area contributed by atoms with Crippen LogP contribution in [0.3, 0.4) is 0 Å². The Morgan fingerprint density at radius 3 is 2.49 bits per heavy atom. The minimum Gasteiger partial charge on any atom is -0.496 e. The summed E-state index contributed by atoms with van der Waals surface area (Å²) < 4.78 is 52.2. The Kier molecular flexibility index (Phi) is 8.70. The highest BCUT2D eigenvalue weighted by atomic mass is 35.5. The quantitative estimate of drug-likeness (QED) is 0.278. The third kappa shape index (κ3) is 6.69. The minimum atomic E-state index is -4.52. The summed E-state index contributed by atoms with van der Waals surface area (Å²) in [6, 6.07) is 13.5. The maximum absolute atomic E-state index is 13.6. The molecule has 0 spiro atoms. The van der Waals surface area contributed by atoms with Crippen molar-refractivity contribution in [1.82, 2.24) is 4.90 Å². The van der Waals surface area contributed by atoms with Crippen molar-refractivity contribution in [2.45, 2.75) is 65.3 Å². The van der Waals surface area contributed by atoms with Crippen molar-refractivity contribution >= 4 is 29.2 Å².